The van der Waals surface area contributed by atoms with Crippen molar-refractivity contribution in [2.45, 2.75) is 0 Å². The molecule has 2 amide bonds. The number of hydrogen-bond donors (Lipinski definition) is 3. The number of nitrogens with two attached hydrogens (primary N) is 2. The topological polar surface area (TPSA) is 120 Å². The van der Waals surface area contributed by atoms with Crippen molar-refractivity contribution in [1.82, 2.24) is 4.98 Å². The van der Waals surface area contributed by atoms with Crippen LogP contribution in [0.3, 0.4) is 0 Å². The summed E-state index contributed by atoms with van der Waals surface area (Å²) in [5, 5.41) is 2.68. The lowest BCUT2D eigenvalue weighted by Crippen LogP contribution is -2.20. The van der Waals surface area contributed by atoms with E-state index in [1.165, 1.54) is 12.3 Å². The van der Waals surface area contributed by atoms with Crippen LogP contribution in [-0.4, -0.2) is 23.4 Å². The van der Waals surface area contributed by atoms with Crippen LogP contribution in [0.4, 0.5) is 11.4 Å². The highest BCUT2D eigenvalue weighted by Gasteiger charge is 2.07. The third kappa shape index (κ3) is 4.20. The van der Waals surface area contributed by atoms with Gasteiger partial charge in [0, 0.05) is 5.69 Å². The molecule has 0 unspecified atom stereocenters. The maximum atomic E-state index is 11.9. The van der Waals surface area contributed by atoms with E-state index in [2.05, 4.69) is 10.3 Å². The van der Waals surface area contributed by atoms with Crippen LogP contribution in [0, 0.1) is 0 Å². The van der Waals surface area contributed by atoms with Crippen LogP contribution in [-0.2, 0) is 4.79 Å². The Morgan fingerprint density at radius 2 is 1.86 bits per heavy atom. The van der Waals surface area contributed by atoms with E-state index in [0.717, 1.165) is 0 Å². The number of hydrogen-bond acceptors (Lipinski definition) is 5. The van der Waals surface area contributed by atoms with Gasteiger partial charge < -0.3 is 21.5 Å². The molecule has 2 rings (SSSR count). The second-order valence-electron chi connectivity index (χ2n) is 4.21. The zero-order valence-corrected chi connectivity index (χ0v) is 11.1. The fourth-order valence-corrected chi connectivity index (χ4v) is 1.52. The first-order valence-corrected chi connectivity index (χ1v) is 6.08. The highest BCUT2D eigenvalue weighted by atomic mass is 16.5. The molecule has 2 aromatic rings. The molecule has 108 valence electrons. The lowest BCUT2D eigenvalue weighted by Gasteiger charge is -2.07. The van der Waals surface area contributed by atoms with Gasteiger partial charge in [0.15, 0.2) is 6.61 Å². The van der Waals surface area contributed by atoms with E-state index in [1.807, 2.05) is 0 Å². The van der Waals surface area contributed by atoms with E-state index in [0.29, 0.717) is 17.1 Å². The van der Waals surface area contributed by atoms with Gasteiger partial charge in [0.05, 0.1) is 11.9 Å². The average molecular weight is 286 g/mol. The molecule has 0 fully saturated rings. The molecule has 1 aromatic carbocycles. The second kappa shape index (κ2) is 6.38. The predicted molar refractivity (Wildman–Crippen MR) is 77.7 cm³/mol. The standard InChI is InChI=1S/C14H14N4O3/c15-9-1-6-12(17-7-9)14(20)18-10-2-4-11(5-3-10)21-8-13(16)19/h1-7H,8,15H2,(H2,16,19)(H,18,20). The Balaban J connectivity index is 1.98. The summed E-state index contributed by atoms with van der Waals surface area (Å²) < 4.78 is 5.11. The van der Waals surface area contributed by atoms with Crippen molar-refractivity contribution in [2.24, 2.45) is 5.73 Å². The molecule has 21 heavy (non-hydrogen) atoms. The van der Waals surface area contributed by atoms with Crippen molar-refractivity contribution < 1.29 is 14.3 Å². The number of benzene rings is 1. The lowest BCUT2D eigenvalue weighted by atomic mass is 10.2. The molecule has 7 nitrogen and oxygen atoms in total. The van der Waals surface area contributed by atoms with Gasteiger partial charge in [-0.1, -0.05) is 0 Å². The number of carbonyl (C=O) groups is 2. The summed E-state index contributed by atoms with van der Waals surface area (Å²) in [4.78, 5) is 26.4. The number of nitrogens with one attached hydrogen (secondary N) is 1. The number of primary amides is 1. The van der Waals surface area contributed by atoms with E-state index < -0.39 is 5.91 Å². The van der Waals surface area contributed by atoms with Gasteiger partial charge >= 0.3 is 0 Å². The monoisotopic (exact) mass is 286 g/mol. The van der Waals surface area contributed by atoms with Crippen molar-refractivity contribution in [3.63, 3.8) is 0 Å². The first kappa shape index (κ1) is 14.3. The normalized spacial score (nSPS) is 9.90. The number of nitrogen functional groups attached to an aromatic ring is 1. The Kier molecular flexibility index (Phi) is 4.35. The van der Waals surface area contributed by atoms with Gasteiger partial charge in [0.1, 0.15) is 11.4 Å². The zero-order valence-electron chi connectivity index (χ0n) is 11.1. The molecular formula is C14H14N4O3. The summed E-state index contributed by atoms with van der Waals surface area (Å²) >= 11 is 0. The Bertz CT molecular complexity index is 638. The van der Waals surface area contributed by atoms with Crippen LogP contribution in [0.5, 0.6) is 5.75 Å². The maximum Gasteiger partial charge on any atom is 0.274 e. The van der Waals surface area contributed by atoms with Crippen molar-refractivity contribution in [2.75, 3.05) is 17.7 Å². The molecule has 0 saturated carbocycles. The average Bonchev–Trinajstić information content (AvgIpc) is 2.47. The summed E-state index contributed by atoms with van der Waals surface area (Å²) in [6, 6.07) is 9.67. The molecule has 0 aliphatic heterocycles. The highest BCUT2D eigenvalue weighted by molar-refractivity contribution is 6.02. The molecule has 1 heterocycles. The molecule has 0 radical (unpaired) electrons. The molecule has 0 saturated heterocycles. The minimum Gasteiger partial charge on any atom is -0.484 e. The Labute approximate surface area is 120 Å². The fraction of sp³-hybridized carbons (Fsp3) is 0.0714. The first-order chi connectivity index (χ1) is 10.0. The molecule has 0 spiro atoms. The maximum absolute atomic E-state index is 11.9. The van der Waals surface area contributed by atoms with Crippen molar-refractivity contribution in [3.8, 4) is 5.75 Å². The van der Waals surface area contributed by atoms with Crippen LogP contribution in [0.2, 0.25) is 0 Å². The third-order valence-corrected chi connectivity index (χ3v) is 2.51. The first-order valence-electron chi connectivity index (χ1n) is 6.08. The quantitative estimate of drug-likeness (QED) is 0.750. The number of rotatable bonds is 5. The van der Waals surface area contributed by atoms with E-state index in [4.69, 9.17) is 16.2 Å². The largest absolute Gasteiger partial charge is 0.484 e. The SMILES string of the molecule is NC(=O)COc1ccc(NC(=O)c2ccc(N)cn2)cc1. The number of carbonyl (C=O) groups excluding carboxylic acids is 2. The summed E-state index contributed by atoms with van der Waals surface area (Å²) in [5.41, 5.74) is 11.8. The van der Waals surface area contributed by atoms with Gasteiger partial charge in [0.25, 0.3) is 11.8 Å². The van der Waals surface area contributed by atoms with E-state index in [-0.39, 0.29) is 18.2 Å². The smallest absolute Gasteiger partial charge is 0.274 e. The highest BCUT2D eigenvalue weighted by Crippen LogP contribution is 2.16. The van der Waals surface area contributed by atoms with E-state index in [1.54, 1.807) is 30.3 Å². The van der Waals surface area contributed by atoms with Crippen molar-refractivity contribution in [1.29, 1.82) is 0 Å². The predicted octanol–water partition coefficient (Wildman–Crippen LogP) is 0.780. The molecule has 0 bridgehead atoms. The van der Waals surface area contributed by atoms with Crippen LogP contribution in [0.1, 0.15) is 10.5 Å². The minimum absolute atomic E-state index is 0.193. The van der Waals surface area contributed by atoms with E-state index in [9.17, 15) is 9.59 Å². The van der Waals surface area contributed by atoms with Crippen LogP contribution in [0.15, 0.2) is 42.6 Å². The van der Waals surface area contributed by atoms with Crippen molar-refractivity contribution >= 4 is 23.2 Å². The van der Waals surface area contributed by atoms with Gasteiger partial charge in [-0.25, -0.2) is 4.98 Å². The zero-order chi connectivity index (χ0) is 15.2. The van der Waals surface area contributed by atoms with Gasteiger partial charge in [-0.15, -0.1) is 0 Å². The second-order valence-corrected chi connectivity index (χ2v) is 4.21. The van der Waals surface area contributed by atoms with Gasteiger partial charge in [0.2, 0.25) is 0 Å². The summed E-state index contributed by atoms with van der Waals surface area (Å²) in [7, 11) is 0. The number of ether oxygens (including phenoxy) is 1. The molecule has 0 atom stereocenters. The number of pyridine rings is 1. The van der Waals surface area contributed by atoms with E-state index >= 15 is 0 Å². The van der Waals surface area contributed by atoms with Crippen LogP contribution < -0.4 is 21.5 Å². The number of anilines is 2. The Morgan fingerprint density at radius 3 is 2.43 bits per heavy atom. The van der Waals surface area contributed by atoms with Crippen LogP contribution >= 0.6 is 0 Å². The molecule has 1 aromatic heterocycles. The van der Waals surface area contributed by atoms with Crippen LogP contribution in [0.25, 0.3) is 0 Å². The van der Waals surface area contributed by atoms with Gasteiger partial charge in [-0.3, -0.25) is 9.59 Å². The molecule has 0 aliphatic carbocycles. The number of nitrogens with zero attached hydrogens (tertiary/aromatic N) is 1. The molecular weight excluding hydrogens is 272 g/mol. The lowest BCUT2D eigenvalue weighted by molar-refractivity contribution is -0.119. The number of aromatic nitrogens is 1. The Hall–Kier alpha value is -3.09. The molecule has 7 heteroatoms. The molecule has 5 N–H and O–H groups in total. The summed E-state index contributed by atoms with van der Waals surface area (Å²) in [6.07, 6.45) is 1.41. The Morgan fingerprint density at radius 1 is 1.14 bits per heavy atom. The summed E-state index contributed by atoms with van der Waals surface area (Å²) in [6.45, 7) is -0.193. The fourth-order valence-electron chi connectivity index (χ4n) is 1.52. The third-order valence-electron chi connectivity index (χ3n) is 2.51. The molecule has 0 aliphatic rings. The van der Waals surface area contributed by atoms with Gasteiger partial charge in [-0.2, -0.15) is 0 Å². The number of amides is 2. The summed E-state index contributed by atoms with van der Waals surface area (Å²) in [5.74, 6) is -0.417. The van der Waals surface area contributed by atoms with Crippen molar-refractivity contribution in [3.05, 3.63) is 48.3 Å². The van der Waals surface area contributed by atoms with Gasteiger partial charge in [-0.05, 0) is 36.4 Å². The minimum atomic E-state index is -0.554.